The Labute approximate surface area is 59.9 Å². The minimum Gasteiger partial charge on any atom is -0.468 e. The van der Waals surface area contributed by atoms with Gasteiger partial charge >= 0.3 is 5.97 Å². The molecule has 0 spiro atoms. The highest BCUT2D eigenvalue weighted by molar-refractivity contribution is 6.02. The molecule has 0 radical (unpaired) electrons. The van der Waals surface area contributed by atoms with Gasteiger partial charge in [0.2, 0.25) is 0 Å². The van der Waals surface area contributed by atoms with Crippen molar-refractivity contribution in [2.45, 2.75) is 13.8 Å². The Morgan fingerprint density at radius 2 is 2.00 bits per heavy atom. The van der Waals surface area contributed by atoms with Gasteiger partial charge in [0, 0.05) is 0 Å². The standard InChI is InChI=1S/C6H12N2O2/c1-6(2,4(7)8)5(9)10-3/h1-3H3,(H3,7,8). The molecule has 10 heavy (non-hydrogen) atoms. The van der Waals surface area contributed by atoms with E-state index in [4.69, 9.17) is 11.1 Å². The van der Waals surface area contributed by atoms with Crippen molar-refractivity contribution in [2.75, 3.05) is 7.11 Å². The van der Waals surface area contributed by atoms with Crippen LogP contribution in [0.1, 0.15) is 13.8 Å². The van der Waals surface area contributed by atoms with E-state index in [1.54, 1.807) is 13.8 Å². The number of carbonyl (C=O) groups is 1. The summed E-state index contributed by atoms with van der Waals surface area (Å²) in [6.07, 6.45) is 0. The fourth-order valence-corrected chi connectivity index (χ4v) is 0.365. The Kier molecular flexibility index (Phi) is 2.40. The molecular formula is C6H12N2O2. The van der Waals surface area contributed by atoms with Gasteiger partial charge in [0.05, 0.1) is 7.11 Å². The van der Waals surface area contributed by atoms with Crippen LogP contribution in [0.25, 0.3) is 0 Å². The Morgan fingerprint density at radius 1 is 1.60 bits per heavy atom. The van der Waals surface area contributed by atoms with E-state index in [0.29, 0.717) is 0 Å². The van der Waals surface area contributed by atoms with Crippen molar-refractivity contribution < 1.29 is 9.53 Å². The topological polar surface area (TPSA) is 76.2 Å². The number of esters is 1. The summed E-state index contributed by atoms with van der Waals surface area (Å²) in [4.78, 5) is 10.8. The molecule has 0 unspecified atom stereocenters. The fraction of sp³-hybridized carbons (Fsp3) is 0.667. The predicted molar refractivity (Wildman–Crippen MR) is 37.7 cm³/mol. The van der Waals surface area contributed by atoms with E-state index in [-0.39, 0.29) is 5.84 Å². The van der Waals surface area contributed by atoms with Crippen molar-refractivity contribution in [2.24, 2.45) is 11.1 Å². The lowest BCUT2D eigenvalue weighted by Crippen LogP contribution is -2.38. The zero-order valence-corrected chi connectivity index (χ0v) is 6.39. The number of carbonyl (C=O) groups excluding carboxylic acids is 1. The Morgan fingerprint density at radius 3 is 2.10 bits per heavy atom. The third-order valence-electron chi connectivity index (χ3n) is 1.37. The summed E-state index contributed by atoms with van der Waals surface area (Å²) in [5.41, 5.74) is 4.14. The molecule has 0 aromatic heterocycles. The molecule has 0 aliphatic rings. The SMILES string of the molecule is COC(=O)C(C)(C)C(=N)N. The molecule has 3 N–H and O–H groups in total. The number of methoxy groups -OCH3 is 1. The molecule has 0 atom stereocenters. The fourth-order valence-electron chi connectivity index (χ4n) is 0.365. The van der Waals surface area contributed by atoms with E-state index in [1.165, 1.54) is 7.11 Å². The van der Waals surface area contributed by atoms with Gasteiger partial charge in [-0.05, 0) is 13.8 Å². The molecule has 0 aromatic carbocycles. The smallest absolute Gasteiger partial charge is 0.318 e. The molecule has 0 fully saturated rings. The van der Waals surface area contributed by atoms with Crippen LogP contribution in [-0.2, 0) is 9.53 Å². The van der Waals surface area contributed by atoms with Crippen molar-refractivity contribution >= 4 is 11.8 Å². The average molecular weight is 144 g/mol. The van der Waals surface area contributed by atoms with Crippen LogP contribution >= 0.6 is 0 Å². The summed E-state index contributed by atoms with van der Waals surface area (Å²) >= 11 is 0. The van der Waals surface area contributed by atoms with E-state index >= 15 is 0 Å². The largest absolute Gasteiger partial charge is 0.468 e. The lowest BCUT2D eigenvalue weighted by molar-refractivity contribution is -0.147. The molecule has 0 heterocycles. The number of nitrogens with one attached hydrogen (secondary N) is 1. The van der Waals surface area contributed by atoms with Crippen molar-refractivity contribution in [3.8, 4) is 0 Å². The number of rotatable bonds is 2. The summed E-state index contributed by atoms with van der Waals surface area (Å²) in [7, 11) is 1.27. The summed E-state index contributed by atoms with van der Waals surface area (Å²) in [6, 6.07) is 0. The molecule has 0 saturated heterocycles. The Balaban J connectivity index is 4.40. The highest BCUT2D eigenvalue weighted by Gasteiger charge is 2.31. The lowest BCUT2D eigenvalue weighted by atomic mass is 9.93. The molecule has 0 aliphatic carbocycles. The number of hydrogen-bond donors (Lipinski definition) is 2. The van der Waals surface area contributed by atoms with Crippen molar-refractivity contribution in [3.05, 3.63) is 0 Å². The van der Waals surface area contributed by atoms with Gasteiger partial charge in [-0.15, -0.1) is 0 Å². The first-order valence-electron chi connectivity index (χ1n) is 2.86. The highest BCUT2D eigenvalue weighted by Crippen LogP contribution is 2.15. The van der Waals surface area contributed by atoms with Gasteiger partial charge in [-0.1, -0.05) is 0 Å². The Bertz CT molecular complexity index is 163. The first-order valence-corrected chi connectivity index (χ1v) is 2.86. The van der Waals surface area contributed by atoms with Crippen LogP contribution in [0.5, 0.6) is 0 Å². The van der Waals surface area contributed by atoms with Gasteiger partial charge < -0.3 is 10.5 Å². The maximum Gasteiger partial charge on any atom is 0.318 e. The first-order chi connectivity index (χ1) is 4.42. The third kappa shape index (κ3) is 1.46. The van der Waals surface area contributed by atoms with Crippen LogP contribution in [-0.4, -0.2) is 18.9 Å². The molecule has 0 rings (SSSR count). The summed E-state index contributed by atoms with van der Waals surface area (Å²) in [6.45, 7) is 3.09. The second kappa shape index (κ2) is 2.68. The second-order valence-electron chi connectivity index (χ2n) is 2.53. The van der Waals surface area contributed by atoms with Crippen molar-refractivity contribution in [1.82, 2.24) is 0 Å². The number of amidine groups is 1. The molecular weight excluding hydrogens is 132 g/mol. The van der Waals surface area contributed by atoms with E-state index < -0.39 is 11.4 Å². The van der Waals surface area contributed by atoms with E-state index in [2.05, 4.69) is 4.74 Å². The molecule has 0 amide bonds. The minimum absolute atomic E-state index is 0.181. The second-order valence-corrected chi connectivity index (χ2v) is 2.53. The van der Waals surface area contributed by atoms with E-state index in [9.17, 15) is 4.79 Å². The molecule has 0 bridgehead atoms. The number of hydrogen-bond acceptors (Lipinski definition) is 3. The van der Waals surface area contributed by atoms with Gasteiger partial charge in [-0.25, -0.2) is 0 Å². The van der Waals surface area contributed by atoms with E-state index in [0.717, 1.165) is 0 Å². The average Bonchev–Trinajstić information content (AvgIpc) is 1.86. The van der Waals surface area contributed by atoms with Crippen LogP contribution < -0.4 is 5.73 Å². The van der Waals surface area contributed by atoms with Gasteiger partial charge in [0.25, 0.3) is 0 Å². The van der Waals surface area contributed by atoms with Gasteiger partial charge in [0.1, 0.15) is 11.3 Å². The Hall–Kier alpha value is -1.06. The van der Waals surface area contributed by atoms with Crippen LogP contribution in [0.3, 0.4) is 0 Å². The summed E-state index contributed by atoms with van der Waals surface area (Å²) < 4.78 is 4.42. The summed E-state index contributed by atoms with van der Waals surface area (Å²) in [5.74, 6) is -0.667. The first kappa shape index (κ1) is 8.94. The van der Waals surface area contributed by atoms with Crippen molar-refractivity contribution in [1.29, 1.82) is 5.41 Å². The molecule has 0 aromatic rings. The molecule has 4 nitrogen and oxygen atoms in total. The maximum atomic E-state index is 10.8. The maximum absolute atomic E-state index is 10.8. The van der Waals surface area contributed by atoms with Crippen LogP contribution in [0, 0.1) is 10.8 Å². The van der Waals surface area contributed by atoms with E-state index in [1.807, 2.05) is 0 Å². The molecule has 0 aliphatic heterocycles. The quantitative estimate of drug-likeness (QED) is 0.328. The van der Waals surface area contributed by atoms with Gasteiger partial charge in [0.15, 0.2) is 0 Å². The van der Waals surface area contributed by atoms with Crippen LogP contribution in [0.15, 0.2) is 0 Å². The third-order valence-corrected chi connectivity index (χ3v) is 1.37. The monoisotopic (exact) mass is 144 g/mol. The number of nitrogens with two attached hydrogens (primary N) is 1. The minimum atomic E-state index is -0.991. The van der Waals surface area contributed by atoms with Crippen LogP contribution in [0.4, 0.5) is 0 Å². The number of ether oxygens (including phenoxy) is 1. The molecule has 4 heteroatoms. The molecule has 58 valence electrons. The molecule has 0 saturated carbocycles. The summed E-state index contributed by atoms with van der Waals surface area (Å²) in [5, 5.41) is 7.01. The lowest BCUT2D eigenvalue weighted by Gasteiger charge is -2.18. The normalized spacial score (nSPS) is 10.7. The van der Waals surface area contributed by atoms with Crippen molar-refractivity contribution in [3.63, 3.8) is 0 Å². The predicted octanol–water partition coefficient (Wildman–Crippen LogP) is 0.122. The van der Waals surface area contributed by atoms with Gasteiger partial charge in [-0.2, -0.15) is 0 Å². The van der Waals surface area contributed by atoms with Crippen LogP contribution in [0.2, 0.25) is 0 Å². The zero-order chi connectivity index (χ0) is 8.36. The zero-order valence-electron chi connectivity index (χ0n) is 6.39. The highest BCUT2D eigenvalue weighted by atomic mass is 16.5. The van der Waals surface area contributed by atoms with Gasteiger partial charge in [-0.3, -0.25) is 10.2 Å².